The number of aromatic nitrogens is 4. The quantitative estimate of drug-likeness (QED) is 0.126. The van der Waals surface area contributed by atoms with Crippen LogP contribution < -0.4 is 0 Å². The van der Waals surface area contributed by atoms with Crippen LogP contribution in [0, 0.1) is 0 Å². The van der Waals surface area contributed by atoms with Crippen LogP contribution in [0.4, 0.5) is 0 Å². The second-order valence-corrected chi connectivity index (χ2v) is 15.3. The van der Waals surface area contributed by atoms with Crippen molar-refractivity contribution in [1.29, 1.82) is 0 Å². The van der Waals surface area contributed by atoms with Gasteiger partial charge in [-0.25, -0.2) is 9.97 Å². The van der Waals surface area contributed by atoms with Crippen LogP contribution in [0.15, 0.2) is 66.7 Å². The summed E-state index contributed by atoms with van der Waals surface area (Å²) < 4.78 is 0. The number of rotatable bonds is 13. The van der Waals surface area contributed by atoms with Gasteiger partial charge in [0, 0.05) is 27.7 Å². The Balaban J connectivity index is 1.87. The molecular formula is C52H62N4. The van der Waals surface area contributed by atoms with E-state index in [1.54, 1.807) is 0 Å². The molecule has 4 nitrogen and oxygen atoms in total. The standard InChI is InChI=1S/C52H62N4/c1-10-19-30-42-47-38(15-6)40(17-8)51(55-47)45(32-26-22-20-23-27-32)49-36(13-4)34(11-2)43(53-49)31-44-35(12-3)37(14-5)50(54-44)46(33-28-24-21-25-29-33)52-41(18-9)39(16-7)48(42)56-52/h20-29,31,53,56H,10-19,30H2,1-9H3. The average molecular weight is 743 g/mol. The monoisotopic (exact) mass is 742 g/mol. The molecular weight excluding hydrogens is 681 g/mol. The normalized spacial score (nSPS) is 13.0. The third-order valence-corrected chi connectivity index (χ3v) is 12.4. The summed E-state index contributed by atoms with van der Waals surface area (Å²) in [5, 5.41) is 0. The molecule has 0 radical (unpaired) electrons. The zero-order valence-corrected chi connectivity index (χ0v) is 35.5. The molecule has 2 N–H and O–H groups in total. The zero-order valence-electron chi connectivity index (χ0n) is 35.5. The minimum absolute atomic E-state index is 0.918. The van der Waals surface area contributed by atoms with Crippen molar-refractivity contribution in [3.05, 3.63) is 117 Å². The maximum absolute atomic E-state index is 5.90. The van der Waals surface area contributed by atoms with Crippen molar-refractivity contribution in [3.63, 3.8) is 0 Å². The van der Waals surface area contributed by atoms with E-state index in [2.05, 4.69) is 139 Å². The van der Waals surface area contributed by atoms with E-state index < -0.39 is 0 Å². The number of fused-ring (bicyclic) bond motifs is 8. The molecule has 4 heteroatoms. The van der Waals surface area contributed by atoms with Gasteiger partial charge in [-0.1, -0.05) is 129 Å². The van der Waals surface area contributed by atoms with E-state index in [-0.39, 0.29) is 0 Å². The number of unbranched alkanes of at least 4 members (excludes halogenated alkanes) is 1. The lowest BCUT2D eigenvalue weighted by Crippen LogP contribution is -1.97. The van der Waals surface area contributed by atoms with E-state index in [1.165, 1.54) is 100 Å². The number of hydrogen-bond donors (Lipinski definition) is 2. The molecule has 0 aliphatic carbocycles. The summed E-state index contributed by atoms with van der Waals surface area (Å²) in [6.07, 6.45) is 10.7. The van der Waals surface area contributed by atoms with Gasteiger partial charge in [0.25, 0.3) is 0 Å². The van der Waals surface area contributed by atoms with Crippen LogP contribution in [0.2, 0.25) is 0 Å². The highest BCUT2D eigenvalue weighted by Crippen LogP contribution is 2.46. The first-order valence-electron chi connectivity index (χ1n) is 21.8. The van der Waals surface area contributed by atoms with Gasteiger partial charge < -0.3 is 9.97 Å². The van der Waals surface area contributed by atoms with Crippen LogP contribution in [-0.4, -0.2) is 19.9 Å². The first kappa shape index (κ1) is 39.3. The van der Waals surface area contributed by atoms with Gasteiger partial charge in [0.15, 0.2) is 0 Å². The summed E-state index contributed by atoms with van der Waals surface area (Å²) in [5.74, 6) is 0. The van der Waals surface area contributed by atoms with Crippen LogP contribution in [0.3, 0.4) is 0 Å². The lowest BCUT2D eigenvalue weighted by molar-refractivity contribution is 0.793. The molecule has 2 aliphatic heterocycles. The van der Waals surface area contributed by atoms with Crippen LogP contribution in [0.5, 0.6) is 0 Å². The van der Waals surface area contributed by atoms with E-state index in [9.17, 15) is 0 Å². The van der Waals surface area contributed by atoms with Crippen LogP contribution in [0.25, 0.3) is 66.6 Å². The van der Waals surface area contributed by atoms with Gasteiger partial charge >= 0.3 is 0 Å². The van der Waals surface area contributed by atoms with E-state index >= 15 is 0 Å². The van der Waals surface area contributed by atoms with Gasteiger partial charge in [0.1, 0.15) is 0 Å². The lowest BCUT2D eigenvalue weighted by Gasteiger charge is -2.11. The number of allylic oxidation sites excluding steroid dienone is 4. The Morgan fingerprint density at radius 3 is 1.41 bits per heavy atom. The molecule has 0 unspecified atom stereocenters. The molecule has 5 aromatic rings. The van der Waals surface area contributed by atoms with Crippen molar-refractivity contribution >= 4 is 44.4 Å². The molecule has 8 bridgehead atoms. The molecule has 0 fully saturated rings. The average Bonchev–Trinajstić information content (AvgIpc) is 3.98. The van der Waals surface area contributed by atoms with Crippen molar-refractivity contribution in [1.82, 2.24) is 19.9 Å². The van der Waals surface area contributed by atoms with Gasteiger partial charge in [-0.15, -0.1) is 0 Å². The number of benzene rings is 2. The molecule has 56 heavy (non-hydrogen) atoms. The van der Waals surface area contributed by atoms with Gasteiger partial charge in [-0.05, 0) is 126 Å². The fourth-order valence-corrected chi connectivity index (χ4v) is 9.82. The number of aromatic amines is 2. The van der Waals surface area contributed by atoms with E-state index in [0.29, 0.717) is 0 Å². The summed E-state index contributed by atoms with van der Waals surface area (Å²) in [7, 11) is 0. The zero-order chi connectivity index (χ0) is 39.5. The first-order valence-corrected chi connectivity index (χ1v) is 21.8. The Morgan fingerprint density at radius 1 is 0.429 bits per heavy atom. The van der Waals surface area contributed by atoms with E-state index in [4.69, 9.17) is 9.97 Å². The molecule has 290 valence electrons. The van der Waals surface area contributed by atoms with Crippen molar-refractivity contribution in [2.24, 2.45) is 0 Å². The number of nitrogens with zero attached hydrogens (tertiary/aromatic N) is 2. The molecule has 0 saturated carbocycles. The van der Waals surface area contributed by atoms with Gasteiger partial charge in [-0.2, -0.15) is 0 Å². The van der Waals surface area contributed by atoms with Crippen molar-refractivity contribution in [3.8, 4) is 22.3 Å². The largest absolute Gasteiger partial charge is 0.354 e. The highest BCUT2D eigenvalue weighted by molar-refractivity contribution is 6.04. The number of hydrogen-bond acceptors (Lipinski definition) is 2. The lowest BCUT2D eigenvalue weighted by atomic mass is 9.91. The molecule has 2 aliphatic rings. The molecule has 0 saturated heterocycles. The molecule has 3 aromatic heterocycles. The van der Waals surface area contributed by atoms with Gasteiger partial charge in [0.2, 0.25) is 0 Å². The van der Waals surface area contributed by atoms with Gasteiger partial charge in [-0.3, -0.25) is 0 Å². The molecule has 0 amide bonds. The third kappa shape index (κ3) is 6.59. The highest BCUT2D eigenvalue weighted by atomic mass is 14.8. The predicted molar refractivity (Wildman–Crippen MR) is 243 cm³/mol. The van der Waals surface area contributed by atoms with E-state index in [1.807, 2.05) is 0 Å². The molecule has 0 atom stereocenters. The molecule has 0 spiro atoms. The maximum Gasteiger partial charge on any atom is 0.0771 e. The summed E-state index contributed by atoms with van der Waals surface area (Å²) in [6.45, 7) is 20.8. The number of nitrogens with one attached hydrogen (secondary N) is 2. The van der Waals surface area contributed by atoms with Crippen LogP contribution >= 0.6 is 0 Å². The fourth-order valence-electron chi connectivity index (χ4n) is 9.82. The van der Waals surface area contributed by atoms with Crippen molar-refractivity contribution in [2.75, 3.05) is 0 Å². The predicted octanol–water partition coefficient (Wildman–Crippen LogP) is 14.7. The fraction of sp³-hybridized carbons (Fsp3) is 0.385. The summed E-state index contributed by atoms with van der Waals surface area (Å²) in [4.78, 5) is 19.9. The third-order valence-electron chi connectivity index (χ3n) is 12.4. The minimum Gasteiger partial charge on any atom is -0.354 e. The Morgan fingerprint density at radius 2 is 0.893 bits per heavy atom. The molecule has 7 rings (SSSR count). The summed E-state index contributed by atoms with van der Waals surface area (Å²) >= 11 is 0. The summed E-state index contributed by atoms with van der Waals surface area (Å²) in [5.41, 5.74) is 26.6. The Hall–Kier alpha value is -4.96. The molecule has 2 aromatic carbocycles. The Labute approximate surface area is 335 Å². The topological polar surface area (TPSA) is 57.4 Å². The summed E-state index contributed by atoms with van der Waals surface area (Å²) in [6, 6.07) is 24.4. The Bertz CT molecular complexity index is 2430. The number of H-pyrrole nitrogens is 2. The van der Waals surface area contributed by atoms with Crippen molar-refractivity contribution in [2.45, 2.75) is 133 Å². The first-order chi connectivity index (χ1) is 27.4. The minimum atomic E-state index is 0.918. The van der Waals surface area contributed by atoms with Gasteiger partial charge in [0.05, 0.1) is 33.8 Å². The number of aryl methyl sites for hydroxylation is 5. The molecule has 5 heterocycles. The second kappa shape index (κ2) is 17.0. The smallest absolute Gasteiger partial charge is 0.0771 e. The van der Waals surface area contributed by atoms with Crippen LogP contribution in [-0.2, 0) is 32.1 Å². The van der Waals surface area contributed by atoms with Crippen LogP contribution in [0.1, 0.15) is 151 Å². The SMILES string of the molecule is CCCCc1c2nc(c(-c3ccccc3)c3[nH]c(cc4nc(c(-c5ccccc5)c5[nH]c1c(CC)c5CC)C(CC)=C4CC)c(CC)c3CC)C(CC)=C2CC. The Kier molecular flexibility index (Phi) is 12.0. The highest BCUT2D eigenvalue weighted by Gasteiger charge is 2.29. The van der Waals surface area contributed by atoms with Crippen molar-refractivity contribution < 1.29 is 0 Å². The second-order valence-electron chi connectivity index (χ2n) is 15.3. The van der Waals surface area contributed by atoms with E-state index in [0.717, 1.165) is 87.7 Å². The maximum atomic E-state index is 5.90.